The Hall–Kier alpha value is -1.75. The predicted molar refractivity (Wildman–Crippen MR) is 81.8 cm³/mol. The van der Waals surface area contributed by atoms with Crippen molar-refractivity contribution in [1.29, 1.82) is 0 Å². The van der Waals surface area contributed by atoms with Crippen molar-refractivity contribution in [2.24, 2.45) is 5.92 Å². The Morgan fingerprint density at radius 1 is 1.14 bits per heavy atom. The number of carbonyl (C=O) groups is 1. The van der Waals surface area contributed by atoms with Gasteiger partial charge in [0.05, 0.1) is 14.2 Å². The molecular weight excluding hydrogens is 270 g/mol. The fraction of sp³-hybridized carbons (Fsp3) is 0.562. The van der Waals surface area contributed by atoms with Crippen LogP contribution in [0.5, 0.6) is 11.5 Å². The number of esters is 1. The molecule has 1 atom stereocenters. The predicted octanol–water partition coefficient (Wildman–Crippen LogP) is 2.25. The lowest BCUT2D eigenvalue weighted by molar-refractivity contribution is -0.143. The summed E-state index contributed by atoms with van der Waals surface area (Å²) in [4.78, 5) is 11.6. The molecule has 0 aromatic heterocycles. The van der Waals surface area contributed by atoms with E-state index in [-0.39, 0.29) is 12.0 Å². The van der Waals surface area contributed by atoms with Crippen LogP contribution in [0.25, 0.3) is 0 Å². The van der Waals surface area contributed by atoms with Crippen molar-refractivity contribution in [2.75, 3.05) is 27.4 Å². The quantitative estimate of drug-likeness (QED) is 0.559. The number of hydrogen-bond acceptors (Lipinski definition) is 5. The van der Waals surface area contributed by atoms with Crippen LogP contribution in [-0.2, 0) is 9.53 Å². The highest BCUT2D eigenvalue weighted by atomic mass is 16.5. The molecule has 5 heteroatoms. The number of rotatable bonds is 9. The molecule has 5 nitrogen and oxygen atoms in total. The molecular formula is C16H25NO4. The van der Waals surface area contributed by atoms with Gasteiger partial charge in [-0.1, -0.05) is 13.8 Å². The number of carbonyl (C=O) groups excluding carboxylic acids is 1. The molecule has 0 saturated carbocycles. The molecule has 0 aliphatic heterocycles. The Labute approximate surface area is 126 Å². The highest BCUT2D eigenvalue weighted by molar-refractivity contribution is 5.75. The van der Waals surface area contributed by atoms with E-state index in [4.69, 9.17) is 14.2 Å². The Morgan fingerprint density at radius 3 is 2.29 bits per heavy atom. The van der Waals surface area contributed by atoms with Crippen molar-refractivity contribution in [3.8, 4) is 11.5 Å². The minimum atomic E-state index is -0.283. The van der Waals surface area contributed by atoms with Gasteiger partial charge in [0.25, 0.3) is 0 Å². The van der Waals surface area contributed by atoms with Crippen LogP contribution < -0.4 is 14.8 Å². The van der Waals surface area contributed by atoms with Crippen LogP contribution in [0.2, 0.25) is 0 Å². The van der Waals surface area contributed by atoms with Gasteiger partial charge >= 0.3 is 5.97 Å². The Kier molecular flexibility index (Phi) is 7.61. The van der Waals surface area contributed by atoms with E-state index >= 15 is 0 Å². The van der Waals surface area contributed by atoms with Gasteiger partial charge in [-0.15, -0.1) is 0 Å². The van der Waals surface area contributed by atoms with Gasteiger partial charge < -0.3 is 19.5 Å². The fourth-order valence-electron chi connectivity index (χ4n) is 1.95. The third-order valence-electron chi connectivity index (χ3n) is 3.01. The van der Waals surface area contributed by atoms with Crippen molar-refractivity contribution >= 4 is 5.97 Å². The molecule has 0 bridgehead atoms. The van der Waals surface area contributed by atoms with Gasteiger partial charge in [0.2, 0.25) is 0 Å². The first-order valence-electron chi connectivity index (χ1n) is 7.15. The standard InChI is InChI=1S/C16H25NO4/c1-12(2)11-15(16(18)20-4)17-9-10-21-14-7-5-13(19-3)6-8-14/h5-8,12,15,17H,9-11H2,1-4H3. The summed E-state index contributed by atoms with van der Waals surface area (Å²) in [6.07, 6.45) is 0.745. The van der Waals surface area contributed by atoms with E-state index in [0.717, 1.165) is 17.9 Å². The average molecular weight is 295 g/mol. The molecule has 0 fully saturated rings. The first kappa shape index (κ1) is 17.3. The van der Waals surface area contributed by atoms with Crippen molar-refractivity contribution < 1.29 is 19.0 Å². The van der Waals surface area contributed by atoms with Gasteiger partial charge in [-0.05, 0) is 36.6 Å². The van der Waals surface area contributed by atoms with Crippen LogP contribution in [0.4, 0.5) is 0 Å². The van der Waals surface area contributed by atoms with Gasteiger partial charge in [-0.25, -0.2) is 0 Å². The van der Waals surface area contributed by atoms with E-state index in [1.165, 1.54) is 7.11 Å². The molecule has 0 amide bonds. The zero-order valence-electron chi connectivity index (χ0n) is 13.2. The number of nitrogens with one attached hydrogen (secondary N) is 1. The largest absolute Gasteiger partial charge is 0.497 e. The second-order valence-electron chi connectivity index (χ2n) is 5.18. The molecule has 1 aromatic carbocycles. The molecule has 0 spiro atoms. The first-order valence-corrected chi connectivity index (χ1v) is 7.15. The summed E-state index contributed by atoms with van der Waals surface area (Å²) < 4.78 is 15.5. The highest BCUT2D eigenvalue weighted by Crippen LogP contribution is 2.16. The lowest BCUT2D eigenvalue weighted by atomic mass is 10.0. The third-order valence-corrected chi connectivity index (χ3v) is 3.01. The van der Waals surface area contributed by atoms with Crippen molar-refractivity contribution in [2.45, 2.75) is 26.3 Å². The summed E-state index contributed by atoms with van der Waals surface area (Å²) in [5.74, 6) is 1.76. The van der Waals surface area contributed by atoms with Gasteiger partial charge in [-0.3, -0.25) is 4.79 Å². The van der Waals surface area contributed by atoms with Crippen LogP contribution >= 0.6 is 0 Å². The molecule has 1 rings (SSSR count). The van der Waals surface area contributed by atoms with Crippen LogP contribution in [0.15, 0.2) is 24.3 Å². The topological polar surface area (TPSA) is 56.8 Å². The summed E-state index contributed by atoms with van der Waals surface area (Å²) in [7, 11) is 3.03. The zero-order valence-corrected chi connectivity index (χ0v) is 13.2. The number of methoxy groups -OCH3 is 2. The van der Waals surface area contributed by atoms with E-state index in [1.54, 1.807) is 7.11 Å². The summed E-state index contributed by atoms with van der Waals surface area (Å²) in [5, 5.41) is 3.17. The SMILES string of the molecule is COC(=O)C(CC(C)C)NCCOc1ccc(OC)cc1. The molecule has 1 N–H and O–H groups in total. The van der Waals surface area contributed by atoms with Crippen LogP contribution in [0.3, 0.4) is 0 Å². The normalized spacial score (nSPS) is 12.0. The molecule has 21 heavy (non-hydrogen) atoms. The lowest BCUT2D eigenvalue weighted by Crippen LogP contribution is -2.40. The minimum Gasteiger partial charge on any atom is -0.497 e. The maximum absolute atomic E-state index is 11.6. The highest BCUT2D eigenvalue weighted by Gasteiger charge is 2.19. The lowest BCUT2D eigenvalue weighted by Gasteiger charge is -2.18. The Bertz CT molecular complexity index is 417. The molecule has 0 aliphatic rings. The summed E-state index contributed by atoms with van der Waals surface area (Å²) >= 11 is 0. The maximum Gasteiger partial charge on any atom is 0.322 e. The first-order chi connectivity index (χ1) is 10.1. The van der Waals surface area contributed by atoms with Gasteiger partial charge in [-0.2, -0.15) is 0 Å². The van der Waals surface area contributed by atoms with E-state index < -0.39 is 0 Å². The maximum atomic E-state index is 11.6. The van der Waals surface area contributed by atoms with Gasteiger partial charge in [0, 0.05) is 6.54 Å². The number of benzene rings is 1. The Morgan fingerprint density at radius 2 is 1.76 bits per heavy atom. The van der Waals surface area contributed by atoms with Crippen molar-refractivity contribution in [3.05, 3.63) is 24.3 Å². The van der Waals surface area contributed by atoms with E-state index in [2.05, 4.69) is 19.2 Å². The van der Waals surface area contributed by atoms with E-state index in [9.17, 15) is 4.79 Å². The average Bonchev–Trinajstić information content (AvgIpc) is 2.49. The van der Waals surface area contributed by atoms with Crippen molar-refractivity contribution in [3.63, 3.8) is 0 Å². The van der Waals surface area contributed by atoms with Crippen LogP contribution in [0.1, 0.15) is 20.3 Å². The summed E-state index contributed by atoms with van der Waals surface area (Å²) in [6, 6.07) is 7.11. The molecule has 1 aromatic rings. The van der Waals surface area contributed by atoms with E-state index in [1.807, 2.05) is 24.3 Å². The number of hydrogen-bond donors (Lipinski definition) is 1. The van der Waals surface area contributed by atoms with Crippen LogP contribution in [0, 0.1) is 5.92 Å². The molecule has 0 radical (unpaired) electrons. The fourth-order valence-corrected chi connectivity index (χ4v) is 1.95. The van der Waals surface area contributed by atoms with Gasteiger partial charge in [0.15, 0.2) is 0 Å². The number of ether oxygens (including phenoxy) is 3. The monoisotopic (exact) mass is 295 g/mol. The van der Waals surface area contributed by atoms with Crippen molar-refractivity contribution in [1.82, 2.24) is 5.32 Å². The molecule has 118 valence electrons. The smallest absolute Gasteiger partial charge is 0.322 e. The summed E-state index contributed by atoms with van der Waals surface area (Å²) in [6.45, 7) is 5.22. The molecule has 1 unspecified atom stereocenters. The molecule has 0 aliphatic carbocycles. The molecule has 0 saturated heterocycles. The summed E-state index contributed by atoms with van der Waals surface area (Å²) in [5.41, 5.74) is 0. The van der Waals surface area contributed by atoms with Crippen LogP contribution in [-0.4, -0.2) is 39.4 Å². The zero-order chi connectivity index (χ0) is 15.7. The minimum absolute atomic E-state index is 0.229. The Balaban J connectivity index is 2.34. The second-order valence-corrected chi connectivity index (χ2v) is 5.18. The van der Waals surface area contributed by atoms with Gasteiger partial charge in [0.1, 0.15) is 24.1 Å². The molecule has 0 heterocycles. The third kappa shape index (κ3) is 6.49. The van der Waals surface area contributed by atoms with E-state index in [0.29, 0.717) is 19.1 Å². The second kappa shape index (κ2) is 9.23.